The van der Waals surface area contributed by atoms with Gasteiger partial charge in [-0.3, -0.25) is 0 Å². The molecule has 12 atom stereocenters. The summed E-state index contributed by atoms with van der Waals surface area (Å²) in [6, 6.07) is 0. The fourth-order valence-electron chi connectivity index (χ4n) is 5.29. The predicted octanol–water partition coefficient (Wildman–Crippen LogP) is 4.54. The minimum atomic E-state index is -3.17. The molecule has 46 nitrogen and oxygen atoms in total. The first-order valence-corrected chi connectivity index (χ1v) is 38.3. The van der Waals surface area contributed by atoms with Gasteiger partial charge in [0.15, 0.2) is 19.7 Å². The van der Waals surface area contributed by atoms with E-state index in [2.05, 4.69) is 139 Å². The Balaban J connectivity index is -0.000000326. The van der Waals surface area contributed by atoms with Gasteiger partial charge in [-0.25, -0.2) is 16.8 Å². The molecule has 2 aliphatic heterocycles. The Morgan fingerprint density at radius 1 is 0.441 bits per heavy atom. The molecule has 0 bridgehead atoms. The standard InChI is InChI=1S/C6H6N4O6S2.C6H7N3O3S2.C5H6BrN3O6S.C5H9NO5S.C4H7Br2NO4.C4H7Br2NO3.C4H6BrNO5S/c7-3-17-1-5(15-9(11)12)6(2-18-4-8)16-10(13)14;7-4-13-2-1-6(3-14-5-8)12-9(10)11;6-1-4(14-8(10)11)5(2-16-3-7)15-9(12)13;1-4-2-12(9,10)3-5(4)11-6(7)8;5-1-3(8)4(2-6)11-7(9)10;5-2-1-4(3-6)10-7(8)9;5-3-1-12(9,10)2-4(3)11-6(7)8/h5-6H,1-2H2;6H,1-3H2;4-5H,1-2H2;4-5H,2-3H2,1H3;3-4,8H,1-2H2;4H,1-3H2;3-4H,1-2H2. The minimum Gasteiger partial charge on any atom is -0.390 e. The summed E-state index contributed by atoms with van der Waals surface area (Å²) in [4.78, 5) is 128. The lowest BCUT2D eigenvalue weighted by Crippen LogP contribution is -2.38. The highest BCUT2D eigenvalue weighted by Gasteiger charge is 2.39. The van der Waals surface area contributed by atoms with Gasteiger partial charge in [-0.2, -0.15) is 26.3 Å². The van der Waals surface area contributed by atoms with Gasteiger partial charge in [0.1, 0.15) is 81.9 Å². The fraction of sp³-hybridized carbons (Fsp3) is 0.853. The first-order valence-electron chi connectivity index (χ1n) is 23.2. The average molecular weight is 1870 g/mol. The van der Waals surface area contributed by atoms with E-state index in [-0.39, 0.29) is 74.0 Å². The van der Waals surface area contributed by atoms with Crippen molar-refractivity contribution < 1.29 is 111 Å². The van der Waals surface area contributed by atoms with Crippen molar-refractivity contribution in [3.8, 4) is 27.0 Å². The van der Waals surface area contributed by atoms with E-state index in [9.17, 15) is 108 Å². The van der Waals surface area contributed by atoms with E-state index in [4.69, 9.17) is 31.4 Å². The van der Waals surface area contributed by atoms with E-state index in [1.165, 1.54) is 0 Å². The van der Waals surface area contributed by atoms with Crippen molar-refractivity contribution in [1.29, 1.82) is 26.3 Å². The molecule has 0 aliphatic carbocycles. The van der Waals surface area contributed by atoms with E-state index >= 15 is 0 Å². The lowest BCUT2D eigenvalue weighted by Gasteiger charge is -2.21. The van der Waals surface area contributed by atoms with Crippen LogP contribution in [-0.2, 0) is 63.2 Å². The zero-order valence-corrected chi connectivity index (χ0v) is 61.5. The second-order valence-electron chi connectivity index (χ2n) is 15.6. The molecule has 93 heavy (non-hydrogen) atoms. The van der Waals surface area contributed by atoms with Gasteiger partial charge < -0.3 is 48.6 Å². The van der Waals surface area contributed by atoms with Crippen molar-refractivity contribution in [3.05, 3.63) is 91.0 Å². The Bertz CT molecular complexity index is 2650. The molecule has 530 valence electrons. The Hall–Kier alpha value is -5.26. The Kier molecular flexibility index (Phi) is 60.3. The number of aliphatic hydroxyl groups is 1. The highest BCUT2D eigenvalue weighted by molar-refractivity contribution is 9.10. The van der Waals surface area contributed by atoms with Crippen molar-refractivity contribution in [2.24, 2.45) is 5.92 Å². The lowest BCUT2D eigenvalue weighted by atomic mass is 10.1. The number of nitriles is 5. The van der Waals surface area contributed by atoms with Crippen LogP contribution in [0.25, 0.3) is 0 Å². The third-order valence-corrected chi connectivity index (χ3v) is 20.2. The van der Waals surface area contributed by atoms with Gasteiger partial charge in [-0.1, -0.05) is 103 Å². The minimum absolute atomic E-state index is 0.0223. The van der Waals surface area contributed by atoms with E-state index in [1.54, 1.807) is 28.5 Å². The second-order valence-corrected chi connectivity index (χ2v) is 28.6. The number of halogens is 6. The van der Waals surface area contributed by atoms with Crippen molar-refractivity contribution in [1.82, 2.24) is 0 Å². The van der Waals surface area contributed by atoms with E-state index < -0.39 is 125 Å². The van der Waals surface area contributed by atoms with Gasteiger partial charge in [0, 0.05) is 55.4 Å². The maximum absolute atomic E-state index is 10.9. The van der Waals surface area contributed by atoms with Crippen molar-refractivity contribution in [2.75, 3.05) is 78.4 Å². The molecule has 1 N–H and O–H groups in total. The summed E-state index contributed by atoms with van der Waals surface area (Å²) >= 11 is 21.9. The fourth-order valence-corrected chi connectivity index (χ4v) is 15.7. The number of thioether (sulfide) groups is 5. The molecular formula is C34H48Br6N14O32S7. The van der Waals surface area contributed by atoms with Crippen LogP contribution in [0.3, 0.4) is 0 Å². The van der Waals surface area contributed by atoms with Crippen LogP contribution in [0.4, 0.5) is 0 Å². The van der Waals surface area contributed by atoms with Crippen LogP contribution in [0, 0.1) is 150 Å². The molecule has 59 heteroatoms. The molecule has 0 radical (unpaired) electrons. The monoisotopic (exact) mass is 1860 g/mol. The van der Waals surface area contributed by atoms with E-state index in [0.29, 0.717) is 64.5 Å². The van der Waals surface area contributed by atoms with Crippen LogP contribution < -0.4 is 0 Å². The molecule has 0 spiro atoms. The number of nitrogens with zero attached hydrogens (tertiary/aromatic N) is 14. The Morgan fingerprint density at radius 2 is 0.774 bits per heavy atom. The van der Waals surface area contributed by atoms with Crippen LogP contribution in [-0.4, -0.2) is 212 Å². The molecular weight excluding hydrogens is 1820 g/mol. The number of aliphatic hydroxyl groups excluding tert-OH is 1. The summed E-state index contributed by atoms with van der Waals surface area (Å²) in [5.74, 6) is -0.744. The maximum Gasteiger partial charge on any atom is 0.294 e. The third-order valence-electron chi connectivity index (χ3n) is 9.03. The first kappa shape index (κ1) is 96.4. The average Bonchev–Trinajstić information content (AvgIpc) is 1.73. The second kappa shape index (κ2) is 58.1. The topological polar surface area (TPSA) is 679 Å². The molecule has 0 aromatic carbocycles. The summed E-state index contributed by atoms with van der Waals surface area (Å²) in [7, 11) is -6.29. The van der Waals surface area contributed by atoms with Crippen LogP contribution in [0.2, 0.25) is 0 Å². The Morgan fingerprint density at radius 3 is 1.08 bits per heavy atom. The number of sulfone groups is 2. The molecule has 12 unspecified atom stereocenters. The van der Waals surface area contributed by atoms with Crippen LogP contribution in [0.15, 0.2) is 0 Å². The first-order chi connectivity index (χ1) is 43.3. The Labute approximate surface area is 594 Å². The smallest absolute Gasteiger partial charge is 0.294 e. The van der Waals surface area contributed by atoms with Crippen molar-refractivity contribution in [2.45, 2.75) is 85.6 Å². The maximum atomic E-state index is 10.9. The molecule has 0 aromatic heterocycles. The van der Waals surface area contributed by atoms with Crippen molar-refractivity contribution in [3.63, 3.8) is 0 Å². The normalized spacial score (nSPS) is 18.1. The summed E-state index contributed by atoms with van der Waals surface area (Å²) in [5.41, 5.74) is 0. The summed E-state index contributed by atoms with van der Waals surface area (Å²) in [6.07, 6.45) is -8.25. The number of alkyl halides is 6. The molecule has 0 amide bonds. The van der Waals surface area contributed by atoms with Gasteiger partial charge in [0.05, 0.1) is 33.9 Å². The van der Waals surface area contributed by atoms with Gasteiger partial charge in [-0.05, 0) is 77.6 Å². The van der Waals surface area contributed by atoms with E-state index in [0.717, 1.165) is 23.5 Å². The molecule has 2 aliphatic rings. The van der Waals surface area contributed by atoms with Crippen LogP contribution in [0.5, 0.6) is 0 Å². The molecule has 2 saturated heterocycles. The zero-order chi connectivity index (χ0) is 72.9. The number of hydrogen-bond acceptors (Lipinski definition) is 42. The molecule has 2 rings (SSSR count). The number of hydrogen-bond donors (Lipinski definition) is 1. The highest BCUT2D eigenvalue weighted by Crippen LogP contribution is 2.23. The van der Waals surface area contributed by atoms with Crippen LogP contribution in [0.1, 0.15) is 19.8 Å². The quantitative estimate of drug-likeness (QED) is 0.0291. The van der Waals surface area contributed by atoms with Gasteiger partial charge in [0.2, 0.25) is 0 Å². The zero-order valence-electron chi connectivity index (χ0n) is 46.2. The molecule has 2 heterocycles. The van der Waals surface area contributed by atoms with Gasteiger partial charge >= 0.3 is 0 Å². The van der Waals surface area contributed by atoms with Gasteiger partial charge in [0.25, 0.3) is 45.8 Å². The SMILES string of the molecule is CC1CS(=O)(=O)CC1O[N+](=O)[O-].N#CSCC(O[N+](=O)[O-])C(CBr)O[N+](=O)[O-].N#CSCC(O[N+](=O)[O-])C(CSC#N)O[N+](=O)[O-].N#CSCCC(CSC#N)O[N+](=O)[O-].O=[N+]([O-])OC(CBr)C(O)CBr.O=[N+]([O-])OC(CBr)CCBr.O=[N+]([O-])OC1CS(=O)(=O)CC1Br. The summed E-state index contributed by atoms with van der Waals surface area (Å²) in [5, 5.41) is 142. The van der Waals surface area contributed by atoms with Crippen LogP contribution >= 0.6 is 154 Å². The van der Waals surface area contributed by atoms with Crippen molar-refractivity contribution >= 4 is 174 Å². The molecule has 0 aromatic rings. The molecule has 2 fully saturated rings. The highest BCUT2D eigenvalue weighted by atomic mass is 79.9. The largest absolute Gasteiger partial charge is 0.390 e. The number of thiocyanates is 5. The van der Waals surface area contributed by atoms with E-state index in [1.807, 2.05) is 5.40 Å². The number of rotatable bonds is 38. The third kappa shape index (κ3) is 59.0. The van der Waals surface area contributed by atoms with Gasteiger partial charge in [-0.15, -0.1) is 91.0 Å². The summed E-state index contributed by atoms with van der Waals surface area (Å²) < 4.78 is 43.7. The lowest BCUT2D eigenvalue weighted by molar-refractivity contribution is -0.796. The predicted molar refractivity (Wildman–Crippen MR) is 341 cm³/mol. The summed E-state index contributed by atoms with van der Waals surface area (Å²) in [6.45, 7) is 1.62. The molecule has 0 saturated carbocycles.